The Morgan fingerprint density at radius 1 is 0.900 bits per heavy atom. The van der Waals surface area contributed by atoms with Crippen LogP contribution in [-0.4, -0.2) is 23.1 Å². The van der Waals surface area contributed by atoms with Crippen LogP contribution in [0.4, 0.5) is 0 Å². The zero-order valence-corrected chi connectivity index (χ0v) is 19.3. The SMILES string of the molecule is CC.CC(C)=C1C(=N)CC(c2ccccc2-c2ccccc2)CC1=N.CCCCO. The molecule has 0 amide bonds. The van der Waals surface area contributed by atoms with Gasteiger partial charge in [0.15, 0.2) is 0 Å². The first-order chi connectivity index (χ1) is 14.5. The highest BCUT2D eigenvalue weighted by atomic mass is 16.2. The summed E-state index contributed by atoms with van der Waals surface area (Å²) in [5.41, 5.74) is 6.82. The third-order valence-corrected chi connectivity index (χ3v) is 5.00. The summed E-state index contributed by atoms with van der Waals surface area (Å²) in [5, 5.41) is 24.8. The Morgan fingerprint density at radius 2 is 1.43 bits per heavy atom. The first kappa shape index (κ1) is 25.5. The number of unbranched alkanes of at least 4 members (excludes halogenated alkanes) is 1. The molecule has 0 aromatic heterocycles. The van der Waals surface area contributed by atoms with Gasteiger partial charge in [-0.2, -0.15) is 0 Å². The summed E-state index contributed by atoms with van der Waals surface area (Å²) in [6, 6.07) is 18.8. The van der Waals surface area contributed by atoms with Crippen LogP contribution in [0.1, 0.15) is 71.8 Å². The second kappa shape index (κ2) is 13.7. The molecule has 1 aliphatic carbocycles. The van der Waals surface area contributed by atoms with Crippen LogP contribution in [0.3, 0.4) is 0 Å². The molecule has 1 fully saturated rings. The predicted molar refractivity (Wildman–Crippen MR) is 131 cm³/mol. The minimum atomic E-state index is 0.217. The van der Waals surface area contributed by atoms with Gasteiger partial charge in [-0.25, -0.2) is 0 Å². The average Bonchev–Trinajstić information content (AvgIpc) is 2.76. The van der Waals surface area contributed by atoms with Crippen LogP contribution < -0.4 is 0 Å². The summed E-state index contributed by atoms with van der Waals surface area (Å²) < 4.78 is 0. The van der Waals surface area contributed by atoms with Gasteiger partial charge in [0.2, 0.25) is 0 Å². The van der Waals surface area contributed by atoms with Crippen molar-refractivity contribution in [3.05, 3.63) is 71.3 Å². The van der Waals surface area contributed by atoms with E-state index in [4.69, 9.17) is 15.9 Å². The van der Waals surface area contributed by atoms with E-state index in [2.05, 4.69) is 55.5 Å². The van der Waals surface area contributed by atoms with Crippen LogP contribution in [0.25, 0.3) is 11.1 Å². The molecule has 2 aromatic rings. The molecule has 3 rings (SSSR count). The molecule has 0 spiro atoms. The number of benzene rings is 2. The topological polar surface area (TPSA) is 67.9 Å². The van der Waals surface area contributed by atoms with E-state index in [-0.39, 0.29) is 5.92 Å². The van der Waals surface area contributed by atoms with Crippen LogP contribution in [0.2, 0.25) is 0 Å². The molecule has 0 atom stereocenters. The molecule has 162 valence electrons. The molecule has 1 saturated carbocycles. The van der Waals surface area contributed by atoms with Gasteiger partial charge in [0.1, 0.15) is 0 Å². The summed E-state index contributed by atoms with van der Waals surface area (Å²) in [6.45, 7) is 10.4. The van der Waals surface area contributed by atoms with E-state index >= 15 is 0 Å². The van der Waals surface area contributed by atoms with E-state index in [1.165, 1.54) is 16.7 Å². The van der Waals surface area contributed by atoms with Gasteiger partial charge >= 0.3 is 0 Å². The molecule has 0 heterocycles. The zero-order valence-electron chi connectivity index (χ0n) is 19.3. The number of rotatable bonds is 4. The summed E-state index contributed by atoms with van der Waals surface area (Å²) >= 11 is 0. The Hall–Kier alpha value is -2.52. The van der Waals surface area contributed by atoms with Crippen molar-refractivity contribution < 1.29 is 5.11 Å². The van der Waals surface area contributed by atoms with Gasteiger partial charge < -0.3 is 15.9 Å². The fraction of sp³-hybridized carbons (Fsp3) is 0.407. The molecule has 3 nitrogen and oxygen atoms in total. The van der Waals surface area contributed by atoms with Crippen molar-refractivity contribution in [3.8, 4) is 11.1 Å². The Balaban J connectivity index is 0.000000565. The van der Waals surface area contributed by atoms with Gasteiger partial charge in [-0.15, -0.1) is 0 Å². The standard InChI is InChI=1S/C21H22N2.C4H10O.C2H6/c1-14(2)21-19(22)12-16(13-20(21)23)18-11-7-6-10-17(18)15-8-4-3-5-9-15;1-2-3-4-5;1-2/h3-11,16,22-23H,12-13H2,1-2H3;5H,2-4H2,1H3;1-2H3. The van der Waals surface area contributed by atoms with Crippen LogP contribution in [0, 0.1) is 10.8 Å². The van der Waals surface area contributed by atoms with Crippen molar-refractivity contribution in [2.45, 2.75) is 66.2 Å². The summed E-state index contributed by atoms with van der Waals surface area (Å²) in [6.07, 6.45) is 3.47. The molecule has 0 unspecified atom stereocenters. The van der Waals surface area contributed by atoms with Crippen LogP contribution in [0.15, 0.2) is 65.7 Å². The third kappa shape index (κ3) is 7.07. The van der Waals surface area contributed by atoms with Gasteiger partial charge in [-0.1, -0.05) is 87.4 Å². The molecule has 0 aliphatic heterocycles. The highest BCUT2D eigenvalue weighted by Crippen LogP contribution is 2.37. The second-order valence-electron chi connectivity index (χ2n) is 7.47. The lowest BCUT2D eigenvalue weighted by Crippen LogP contribution is -2.25. The second-order valence-corrected chi connectivity index (χ2v) is 7.47. The van der Waals surface area contributed by atoms with Gasteiger partial charge in [-0.05, 0) is 55.7 Å². The number of hydrogen-bond acceptors (Lipinski definition) is 3. The lowest BCUT2D eigenvalue weighted by atomic mass is 9.76. The molecule has 0 bridgehead atoms. The maximum absolute atomic E-state index is 8.36. The van der Waals surface area contributed by atoms with Crippen molar-refractivity contribution >= 4 is 11.4 Å². The summed E-state index contributed by atoms with van der Waals surface area (Å²) in [7, 11) is 0. The first-order valence-electron chi connectivity index (χ1n) is 11.1. The zero-order chi connectivity index (χ0) is 22.5. The van der Waals surface area contributed by atoms with Crippen molar-refractivity contribution in [2.24, 2.45) is 0 Å². The number of nitrogens with one attached hydrogen (secondary N) is 2. The van der Waals surface area contributed by atoms with Crippen molar-refractivity contribution in [2.75, 3.05) is 6.61 Å². The van der Waals surface area contributed by atoms with Gasteiger partial charge in [0.25, 0.3) is 0 Å². The number of allylic oxidation sites excluding steroid dienone is 2. The van der Waals surface area contributed by atoms with E-state index in [1.54, 1.807) is 0 Å². The smallest absolute Gasteiger partial charge is 0.0430 e. The first-order valence-corrected chi connectivity index (χ1v) is 11.1. The van der Waals surface area contributed by atoms with Crippen molar-refractivity contribution in [3.63, 3.8) is 0 Å². The monoisotopic (exact) mass is 406 g/mol. The van der Waals surface area contributed by atoms with E-state index in [0.717, 1.165) is 24.0 Å². The van der Waals surface area contributed by atoms with E-state index in [1.807, 2.05) is 33.8 Å². The van der Waals surface area contributed by atoms with E-state index in [0.29, 0.717) is 30.9 Å². The van der Waals surface area contributed by atoms with E-state index in [9.17, 15) is 0 Å². The van der Waals surface area contributed by atoms with Crippen LogP contribution in [0.5, 0.6) is 0 Å². The molecular weight excluding hydrogens is 368 g/mol. The fourth-order valence-electron chi connectivity index (χ4n) is 3.67. The minimum Gasteiger partial charge on any atom is -0.396 e. The van der Waals surface area contributed by atoms with Gasteiger partial charge in [0, 0.05) is 23.6 Å². The Morgan fingerprint density at radius 3 is 1.90 bits per heavy atom. The number of hydrogen-bond donors (Lipinski definition) is 3. The predicted octanol–water partition coefficient (Wildman–Crippen LogP) is 7.41. The maximum Gasteiger partial charge on any atom is 0.0430 e. The van der Waals surface area contributed by atoms with Crippen LogP contribution in [-0.2, 0) is 0 Å². The third-order valence-electron chi connectivity index (χ3n) is 5.00. The molecule has 1 aliphatic rings. The van der Waals surface area contributed by atoms with Gasteiger partial charge in [-0.3, -0.25) is 0 Å². The normalized spacial score (nSPS) is 15.5. The molecule has 30 heavy (non-hydrogen) atoms. The number of aliphatic hydroxyl groups is 1. The Labute approximate surface area is 182 Å². The number of aliphatic hydroxyl groups excluding tert-OH is 1. The summed E-state index contributed by atoms with van der Waals surface area (Å²) in [5.74, 6) is 0.217. The fourth-order valence-corrected chi connectivity index (χ4v) is 3.67. The molecule has 3 heteroatoms. The van der Waals surface area contributed by atoms with E-state index < -0.39 is 0 Å². The van der Waals surface area contributed by atoms with Crippen molar-refractivity contribution in [1.82, 2.24) is 0 Å². The molecule has 0 saturated heterocycles. The lowest BCUT2D eigenvalue weighted by Gasteiger charge is -2.28. The van der Waals surface area contributed by atoms with Crippen LogP contribution >= 0.6 is 0 Å². The molecule has 0 radical (unpaired) electrons. The largest absolute Gasteiger partial charge is 0.396 e. The lowest BCUT2D eigenvalue weighted by molar-refractivity contribution is 0.287. The molecule has 3 N–H and O–H groups in total. The maximum atomic E-state index is 8.36. The molecular formula is C27H38N2O. The van der Waals surface area contributed by atoms with Crippen molar-refractivity contribution in [1.29, 1.82) is 10.8 Å². The quantitative estimate of drug-likeness (QED) is 0.486. The minimum absolute atomic E-state index is 0.217. The summed E-state index contributed by atoms with van der Waals surface area (Å²) in [4.78, 5) is 0. The van der Waals surface area contributed by atoms with Gasteiger partial charge in [0.05, 0.1) is 0 Å². The highest BCUT2D eigenvalue weighted by Gasteiger charge is 2.28. The Kier molecular flexibility index (Phi) is 11.6. The highest BCUT2D eigenvalue weighted by molar-refractivity contribution is 6.24. The molecule has 2 aromatic carbocycles. The Bertz CT molecular complexity index is 811. The average molecular weight is 407 g/mol.